The Kier molecular flexibility index (Phi) is 3.47. The number of aromatic amines is 1. The summed E-state index contributed by atoms with van der Waals surface area (Å²) in [6, 6.07) is 3.42. The van der Waals surface area contributed by atoms with E-state index in [-0.39, 0.29) is 11.0 Å². The molecule has 1 aliphatic heterocycles. The second-order valence-corrected chi connectivity index (χ2v) is 6.45. The lowest BCUT2D eigenvalue weighted by molar-refractivity contribution is 0.0343. The normalized spacial score (nSPS) is 18.1. The van der Waals surface area contributed by atoms with E-state index < -0.39 is 13.1 Å². The molecular weight excluding hydrogens is 292 g/mol. The number of hydrogen-bond donors (Lipinski definition) is 2. The van der Waals surface area contributed by atoms with Gasteiger partial charge in [-0.3, -0.25) is 0 Å². The van der Waals surface area contributed by atoms with Gasteiger partial charge in [-0.2, -0.15) is 0 Å². The van der Waals surface area contributed by atoms with E-state index in [1.807, 2.05) is 0 Å². The summed E-state index contributed by atoms with van der Waals surface area (Å²) in [4.78, 5) is 14.1. The van der Waals surface area contributed by atoms with Crippen molar-refractivity contribution in [1.29, 1.82) is 0 Å². The van der Waals surface area contributed by atoms with E-state index in [1.165, 1.54) is 6.20 Å². The van der Waals surface area contributed by atoms with Crippen molar-refractivity contribution in [2.24, 2.45) is 5.41 Å². The third-order valence-electron chi connectivity index (χ3n) is 3.53. The molecule has 1 aromatic carbocycles. The minimum absolute atomic E-state index is 0.0343. The standard InChI is InChI=1S/C14H15BClNO4/c1-14(2)6-20-15(21-7-14)10-3-8-9(13(18)19)5-17-12(8)4-11(10)16/h3-5,17H,6-7H2,1-2H3,(H,18,19). The zero-order chi connectivity index (χ0) is 15.2. The number of aromatic carboxylic acids is 1. The number of carboxylic acids is 1. The molecule has 0 spiro atoms. The van der Waals surface area contributed by atoms with Gasteiger partial charge in [-0.15, -0.1) is 0 Å². The molecule has 3 rings (SSSR count). The zero-order valence-corrected chi connectivity index (χ0v) is 12.5. The third kappa shape index (κ3) is 2.66. The zero-order valence-electron chi connectivity index (χ0n) is 11.8. The Morgan fingerprint density at radius 2 is 2.05 bits per heavy atom. The van der Waals surface area contributed by atoms with Gasteiger partial charge in [-0.1, -0.05) is 31.5 Å². The smallest absolute Gasteiger partial charge is 0.478 e. The van der Waals surface area contributed by atoms with Crippen LogP contribution in [-0.4, -0.2) is 36.4 Å². The van der Waals surface area contributed by atoms with Crippen LogP contribution in [0.25, 0.3) is 10.9 Å². The summed E-state index contributed by atoms with van der Waals surface area (Å²) in [5.74, 6) is -0.985. The highest BCUT2D eigenvalue weighted by atomic mass is 35.5. The SMILES string of the molecule is CC1(C)COB(c2cc3c(C(=O)O)c[nH]c3cc2Cl)OC1. The van der Waals surface area contributed by atoms with E-state index in [9.17, 15) is 9.90 Å². The van der Waals surface area contributed by atoms with Crippen molar-refractivity contribution in [1.82, 2.24) is 4.98 Å². The summed E-state index contributed by atoms with van der Waals surface area (Å²) < 4.78 is 11.4. The van der Waals surface area contributed by atoms with Crippen LogP contribution in [0.15, 0.2) is 18.3 Å². The van der Waals surface area contributed by atoms with Gasteiger partial charge in [0.05, 0.1) is 5.56 Å². The molecule has 1 saturated heterocycles. The highest BCUT2D eigenvalue weighted by Gasteiger charge is 2.35. The molecule has 7 heteroatoms. The molecule has 0 saturated carbocycles. The van der Waals surface area contributed by atoms with Crippen LogP contribution in [-0.2, 0) is 9.31 Å². The summed E-state index contributed by atoms with van der Waals surface area (Å²) in [5.41, 5.74) is 1.51. The Morgan fingerprint density at radius 1 is 1.38 bits per heavy atom. The number of benzene rings is 1. The summed E-state index contributed by atoms with van der Waals surface area (Å²) in [5, 5.41) is 10.3. The Labute approximate surface area is 127 Å². The minimum Gasteiger partial charge on any atom is -0.478 e. The van der Waals surface area contributed by atoms with Crippen LogP contribution < -0.4 is 5.46 Å². The van der Waals surface area contributed by atoms with Crippen molar-refractivity contribution in [2.75, 3.05) is 13.2 Å². The van der Waals surface area contributed by atoms with Crippen LogP contribution in [0.1, 0.15) is 24.2 Å². The van der Waals surface area contributed by atoms with Crippen molar-refractivity contribution in [3.8, 4) is 0 Å². The van der Waals surface area contributed by atoms with Crippen molar-refractivity contribution in [3.05, 3.63) is 28.9 Å². The number of halogens is 1. The molecule has 2 aromatic rings. The lowest BCUT2D eigenvalue weighted by atomic mass is 9.75. The molecule has 0 amide bonds. The van der Waals surface area contributed by atoms with Gasteiger partial charge in [0.15, 0.2) is 0 Å². The van der Waals surface area contributed by atoms with Gasteiger partial charge in [0.1, 0.15) is 0 Å². The predicted molar refractivity (Wildman–Crippen MR) is 81.3 cm³/mol. The molecule has 1 aliphatic rings. The number of rotatable bonds is 2. The number of H-pyrrole nitrogens is 1. The fourth-order valence-corrected chi connectivity index (χ4v) is 2.64. The van der Waals surface area contributed by atoms with Crippen LogP contribution in [0.5, 0.6) is 0 Å². The largest absolute Gasteiger partial charge is 0.495 e. The fourth-order valence-electron chi connectivity index (χ4n) is 2.39. The number of nitrogens with one attached hydrogen (secondary N) is 1. The minimum atomic E-state index is -0.985. The second-order valence-electron chi connectivity index (χ2n) is 6.04. The lowest BCUT2D eigenvalue weighted by Gasteiger charge is -2.33. The Morgan fingerprint density at radius 3 is 2.67 bits per heavy atom. The fraction of sp³-hybridized carbons (Fsp3) is 0.357. The number of carbonyl (C=O) groups is 1. The Balaban J connectivity index is 2.00. The van der Waals surface area contributed by atoms with Gasteiger partial charge in [0.2, 0.25) is 0 Å². The monoisotopic (exact) mass is 307 g/mol. The van der Waals surface area contributed by atoms with Crippen LogP contribution in [0.4, 0.5) is 0 Å². The Bertz CT molecular complexity index is 702. The van der Waals surface area contributed by atoms with E-state index in [4.69, 9.17) is 20.9 Å². The van der Waals surface area contributed by atoms with Crippen molar-refractivity contribution in [3.63, 3.8) is 0 Å². The van der Waals surface area contributed by atoms with Gasteiger partial charge in [-0.25, -0.2) is 4.79 Å². The average molecular weight is 308 g/mol. The Hall–Kier alpha value is -1.50. The molecule has 0 atom stereocenters. The van der Waals surface area contributed by atoms with Gasteiger partial charge < -0.3 is 19.4 Å². The molecular formula is C14H15BClNO4. The van der Waals surface area contributed by atoms with Gasteiger partial charge >= 0.3 is 13.1 Å². The molecule has 0 radical (unpaired) electrons. The molecule has 21 heavy (non-hydrogen) atoms. The number of fused-ring (bicyclic) bond motifs is 1. The van der Waals surface area contributed by atoms with Crippen molar-refractivity contribution >= 4 is 41.1 Å². The first-order chi connectivity index (χ1) is 9.87. The molecule has 2 N–H and O–H groups in total. The van der Waals surface area contributed by atoms with Crippen LogP contribution in [0.3, 0.4) is 0 Å². The average Bonchev–Trinajstić information content (AvgIpc) is 2.81. The van der Waals surface area contributed by atoms with Crippen LogP contribution in [0, 0.1) is 5.41 Å². The van der Waals surface area contributed by atoms with E-state index >= 15 is 0 Å². The highest BCUT2D eigenvalue weighted by molar-refractivity contribution is 6.65. The molecule has 2 heterocycles. The van der Waals surface area contributed by atoms with Crippen molar-refractivity contribution in [2.45, 2.75) is 13.8 Å². The van der Waals surface area contributed by atoms with E-state index in [2.05, 4.69) is 18.8 Å². The molecule has 0 aliphatic carbocycles. The maximum atomic E-state index is 11.2. The van der Waals surface area contributed by atoms with E-state index in [0.29, 0.717) is 34.6 Å². The quantitative estimate of drug-likeness (QED) is 0.835. The molecule has 1 aromatic heterocycles. The topological polar surface area (TPSA) is 71.5 Å². The lowest BCUT2D eigenvalue weighted by Crippen LogP contribution is -2.47. The molecule has 5 nitrogen and oxygen atoms in total. The van der Waals surface area contributed by atoms with Crippen LogP contribution in [0.2, 0.25) is 5.02 Å². The number of aromatic nitrogens is 1. The summed E-state index contributed by atoms with van der Waals surface area (Å²) in [7, 11) is -0.563. The third-order valence-corrected chi connectivity index (χ3v) is 3.86. The molecule has 110 valence electrons. The van der Waals surface area contributed by atoms with Gasteiger partial charge in [0.25, 0.3) is 0 Å². The van der Waals surface area contributed by atoms with Crippen LogP contribution >= 0.6 is 11.6 Å². The number of carboxylic acid groups (broad SMARTS) is 1. The van der Waals surface area contributed by atoms with Gasteiger partial charge in [0, 0.05) is 46.2 Å². The van der Waals surface area contributed by atoms with E-state index in [1.54, 1.807) is 12.1 Å². The predicted octanol–water partition coefficient (Wildman–Crippen LogP) is 2.29. The summed E-state index contributed by atoms with van der Waals surface area (Å²) in [6.07, 6.45) is 1.46. The van der Waals surface area contributed by atoms with E-state index in [0.717, 1.165) is 0 Å². The second kappa shape index (κ2) is 5.05. The maximum absolute atomic E-state index is 11.2. The maximum Gasteiger partial charge on any atom is 0.495 e. The first kappa shape index (κ1) is 14.4. The molecule has 0 unspecified atom stereocenters. The number of hydrogen-bond acceptors (Lipinski definition) is 3. The first-order valence-corrected chi connectivity index (χ1v) is 7.02. The summed E-state index contributed by atoms with van der Waals surface area (Å²) >= 11 is 6.27. The molecule has 1 fully saturated rings. The first-order valence-electron chi connectivity index (χ1n) is 6.64. The van der Waals surface area contributed by atoms with Crippen molar-refractivity contribution < 1.29 is 19.2 Å². The highest BCUT2D eigenvalue weighted by Crippen LogP contribution is 2.25. The molecule has 0 bridgehead atoms. The summed E-state index contributed by atoms with van der Waals surface area (Å²) in [6.45, 7) is 5.24. The van der Waals surface area contributed by atoms with Gasteiger partial charge in [-0.05, 0) is 6.07 Å².